The third-order valence-corrected chi connectivity index (χ3v) is 2.63. The third-order valence-electron chi connectivity index (χ3n) is 1.95. The molecule has 16 heavy (non-hydrogen) atoms. The lowest BCUT2D eigenvalue weighted by Gasteiger charge is -2.01. The highest BCUT2D eigenvalue weighted by Gasteiger charge is 2.08. The Hall–Kier alpha value is -2.12. The Kier molecular flexibility index (Phi) is 2.99. The van der Waals surface area contributed by atoms with Crippen molar-refractivity contribution in [2.75, 3.05) is 0 Å². The molecule has 0 aliphatic rings. The summed E-state index contributed by atoms with van der Waals surface area (Å²) in [6.45, 7) is 0. The van der Waals surface area contributed by atoms with Crippen LogP contribution in [0.3, 0.4) is 0 Å². The second-order valence-corrected chi connectivity index (χ2v) is 3.82. The first-order valence-corrected chi connectivity index (χ1v) is 5.48. The first-order valence-electron chi connectivity index (χ1n) is 4.54. The number of rotatable bonds is 2. The third kappa shape index (κ3) is 2.27. The van der Waals surface area contributed by atoms with Crippen LogP contribution < -0.4 is 4.74 Å². The van der Waals surface area contributed by atoms with E-state index in [-0.39, 0.29) is 5.97 Å². The van der Waals surface area contributed by atoms with Gasteiger partial charge in [-0.05, 0) is 35.7 Å². The topological polar surface area (TPSA) is 50.1 Å². The minimum atomic E-state index is -0.383. The molecule has 1 aromatic heterocycles. The molecule has 0 spiro atoms. The molecular formula is C12H7NO2S. The number of hydrogen-bond acceptors (Lipinski definition) is 4. The fourth-order valence-electron chi connectivity index (χ4n) is 1.14. The summed E-state index contributed by atoms with van der Waals surface area (Å²) in [7, 11) is 0. The van der Waals surface area contributed by atoms with Gasteiger partial charge in [0, 0.05) is 5.38 Å². The number of carbonyl (C=O) groups is 1. The van der Waals surface area contributed by atoms with E-state index in [1.807, 2.05) is 11.4 Å². The summed E-state index contributed by atoms with van der Waals surface area (Å²) in [6, 6.07) is 10.1. The molecule has 1 heterocycles. The predicted molar refractivity (Wildman–Crippen MR) is 60.4 cm³/mol. The van der Waals surface area contributed by atoms with Gasteiger partial charge < -0.3 is 4.74 Å². The number of hydrogen-bond donors (Lipinski definition) is 0. The number of carbonyl (C=O) groups excluding carboxylic acids is 1. The Balaban J connectivity index is 2.10. The van der Waals surface area contributed by atoms with Crippen molar-refractivity contribution < 1.29 is 9.53 Å². The highest BCUT2D eigenvalue weighted by atomic mass is 32.1. The monoisotopic (exact) mass is 229 g/mol. The van der Waals surface area contributed by atoms with Crippen LogP contribution in [-0.2, 0) is 0 Å². The molecule has 0 saturated heterocycles. The van der Waals surface area contributed by atoms with Crippen molar-refractivity contribution in [3.05, 3.63) is 52.2 Å². The van der Waals surface area contributed by atoms with E-state index in [0.29, 0.717) is 16.9 Å². The molecule has 0 aliphatic carbocycles. The standard InChI is InChI=1S/C12H7NO2S/c13-7-9-1-3-11(4-2-9)15-12(14)10-5-6-16-8-10/h1-6,8H. The van der Waals surface area contributed by atoms with Crippen LogP contribution in [0.2, 0.25) is 0 Å². The van der Waals surface area contributed by atoms with E-state index in [0.717, 1.165) is 0 Å². The van der Waals surface area contributed by atoms with Gasteiger partial charge in [-0.25, -0.2) is 4.79 Å². The van der Waals surface area contributed by atoms with E-state index < -0.39 is 0 Å². The van der Waals surface area contributed by atoms with Crippen LogP contribution in [0, 0.1) is 11.3 Å². The van der Waals surface area contributed by atoms with Crippen molar-refractivity contribution in [3.63, 3.8) is 0 Å². The number of ether oxygens (including phenoxy) is 1. The summed E-state index contributed by atoms with van der Waals surface area (Å²) in [5.41, 5.74) is 1.07. The number of thiophene rings is 1. The fourth-order valence-corrected chi connectivity index (χ4v) is 1.77. The Morgan fingerprint density at radius 3 is 2.56 bits per heavy atom. The molecule has 2 rings (SSSR count). The van der Waals surface area contributed by atoms with Gasteiger partial charge in [-0.15, -0.1) is 0 Å². The van der Waals surface area contributed by atoms with E-state index in [1.54, 1.807) is 35.7 Å². The number of nitriles is 1. The summed E-state index contributed by atoms with van der Waals surface area (Å²) in [5.74, 6) is 0.0566. The quantitative estimate of drug-likeness (QED) is 0.587. The van der Waals surface area contributed by atoms with Crippen molar-refractivity contribution in [1.82, 2.24) is 0 Å². The van der Waals surface area contributed by atoms with Gasteiger partial charge in [-0.2, -0.15) is 16.6 Å². The van der Waals surface area contributed by atoms with Crippen molar-refractivity contribution >= 4 is 17.3 Å². The van der Waals surface area contributed by atoms with Crippen LogP contribution in [0.25, 0.3) is 0 Å². The summed E-state index contributed by atoms with van der Waals surface area (Å²) in [4.78, 5) is 11.5. The van der Waals surface area contributed by atoms with Crippen LogP contribution in [0.4, 0.5) is 0 Å². The maximum absolute atomic E-state index is 11.5. The Labute approximate surface area is 96.5 Å². The van der Waals surface area contributed by atoms with Gasteiger partial charge in [0.1, 0.15) is 5.75 Å². The molecule has 2 aromatic rings. The van der Waals surface area contributed by atoms with Crippen LogP contribution in [0.1, 0.15) is 15.9 Å². The summed E-state index contributed by atoms with van der Waals surface area (Å²) in [6.07, 6.45) is 0. The summed E-state index contributed by atoms with van der Waals surface area (Å²) in [5, 5.41) is 12.1. The van der Waals surface area contributed by atoms with Gasteiger partial charge in [-0.1, -0.05) is 0 Å². The molecule has 3 nitrogen and oxygen atoms in total. The Morgan fingerprint density at radius 2 is 2.00 bits per heavy atom. The smallest absolute Gasteiger partial charge is 0.344 e. The molecule has 4 heteroatoms. The van der Waals surface area contributed by atoms with Crippen LogP contribution >= 0.6 is 11.3 Å². The molecule has 0 N–H and O–H groups in total. The molecule has 0 unspecified atom stereocenters. The number of esters is 1. The van der Waals surface area contributed by atoms with E-state index in [4.69, 9.17) is 10.00 Å². The zero-order valence-corrected chi connectivity index (χ0v) is 9.03. The van der Waals surface area contributed by atoms with Crippen molar-refractivity contribution in [3.8, 4) is 11.8 Å². The molecule has 0 aliphatic heterocycles. The number of nitrogens with zero attached hydrogens (tertiary/aromatic N) is 1. The first-order chi connectivity index (χ1) is 7.79. The molecule has 1 aromatic carbocycles. The van der Waals surface area contributed by atoms with Crippen molar-refractivity contribution in [2.24, 2.45) is 0 Å². The molecule has 0 fully saturated rings. The molecule has 0 atom stereocenters. The lowest BCUT2D eigenvalue weighted by atomic mass is 10.2. The van der Waals surface area contributed by atoms with Crippen LogP contribution in [0.5, 0.6) is 5.75 Å². The van der Waals surface area contributed by atoms with Crippen molar-refractivity contribution in [2.45, 2.75) is 0 Å². The highest BCUT2D eigenvalue weighted by Crippen LogP contribution is 2.15. The van der Waals surface area contributed by atoms with Crippen LogP contribution in [-0.4, -0.2) is 5.97 Å². The van der Waals surface area contributed by atoms with Crippen LogP contribution in [0.15, 0.2) is 41.1 Å². The normalized spacial score (nSPS) is 9.44. The highest BCUT2D eigenvalue weighted by molar-refractivity contribution is 7.08. The summed E-state index contributed by atoms with van der Waals surface area (Å²) < 4.78 is 5.12. The lowest BCUT2D eigenvalue weighted by Crippen LogP contribution is -2.06. The van der Waals surface area contributed by atoms with Gasteiger partial charge in [0.2, 0.25) is 0 Å². The molecule has 0 bridgehead atoms. The van der Waals surface area contributed by atoms with E-state index in [1.165, 1.54) is 11.3 Å². The fraction of sp³-hybridized carbons (Fsp3) is 0. The minimum absolute atomic E-state index is 0.383. The summed E-state index contributed by atoms with van der Waals surface area (Å²) >= 11 is 1.44. The zero-order chi connectivity index (χ0) is 11.4. The average molecular weight is 229 g/mol. The van der Waals surface area contributed by atoms with Gasteiger partial charge in [-0.3, -0.25) is 0 Å². The van der Waals surface area contributed by atoms with Crippen molar-refractivity contribution in [1.29, 1.82) is 5.26 Å². The lowest BCUT2D eigenvalue weighted by molar-refractivity contribution is 0.0735. The molecule has 0 radical (unpaired) electrons. The van der Waals surface area contributed by atoms with E-state index in [9.17, 15) is 4.79 Å². The first kappa shape index (κ1) is 10.4. The zero-order valence-electron chi connectivity index (χ0n) is 8.21. The van der Waals surface area contributed by atoms with Gasteiger partial charge in [0.25, 0.3) is 0 Å². The average Bonchev–Trinajstić information content (AvgIpc) is 2.83. The maximum atomic E-state index is 11.5. The second-order valence-electron chi connectivity index (χ2n) is 3.04. The largest absolute Gasteiger partial charge is 0.423 e. The van der Waals surface area contributed by atoms with E-state index >= 15 is 0 Å². The predicted octanol–water partition coefficient (Wildman–Crippen LogP) is 2.84. The molecule has 78 valence electrons. The molecule has 0 amide bonds. The van der Waals surface area contributed by atoms with Gasteiger partial charge >= 0.3 is 5.97 Å². The van der Waals surface area contributed by atoms with Gasteiger partial charge in [0.15, 0.2) is 0 Å². The minimum Gasteiger partial charge on any atom is -0.423 e. The van der Waals surface area contributed by atoms with Gasteiger partial charge in [0.05, 0.1) is 17.2 Å². The second kappa shape index (κ2) is 4.60. The SMILES string of the molecule is N#Cc1ccc(OC(=O)c2ccsc2)cc1. The Morgan fingerprint density at radius 1 is 1.25 bits per heavy atom. The molecule has 0 saturated carbocycles. The molecular weight excluding hydrogens is 222 g/mol. The number of benzene rings is 1. The van der Waals surface area contributed by atoms with E-state index in [2.05, 4.69) is 0 Å². The maximum Gasteiger partial charge on any atom is 0.344 e. The Bertz CT molecular complexity index is 523.